The third-order valence-electron chi connectivity index (χ3n) is 7.54. The molecule has 2 aliphatic rings. The van der Waals surface area contributed by atoms with Crippen molar-refractivity contribution in [3.8, 4) is 5.75 Å². The molecule has 2 aliphatic carbocycles. The molecule has 0 bridgehead atoms. The molecule has 2 fully saturated rings. The Morgan fingerprint density at radius 1 is 0.929 bits per heavy atom. The molecule has 0 radical (unpaired) electrons. The number of benzene rings is 2. The fourth-order valence-electron chi connectivity index (χ4n) is 5.91. The highest BCUT2D eigenvalue weighted by Crippen LogP contribution is 2.48. The molecule has 0 amide bonds. The number of hydrogen-bond acceptors (Lipinski definition) is 1. The number of unbranched alkanes of at least 4 members (excludes halogenated alkanes) is 2. The molecular formula is C26H35FO. The Labute approximate surface area is 169 Å². The standard InChI is InChI=1S/C26H35FO/c1-3-4-5-6-18-7-8-20-14-21(10-9-19(20)13-18)22-11-12-23-17-26(28-2)25(27)16-24(23)15-22/h11-12,15-21H,3-10,13-14H2,1-2H3/t18?,19-,20?,21-/m1/s1. The van der Waals surface area contributed by atoms with Crippen molar-refractivity contribution in [3.63, 3.8) is 0 Å². The van der Waals surface area contributed by atoms with E-state index in [1.165, 1.54) is 76.9 Å². The topological polar surface area (TPSA) is 9.23 Å². The molecule has 0 N–H and O–H groups in total. The minimum atomic E-state index is -0.266. The maximum absolute atomic E-state index is 14.1. The normalized spacial score (nSPS) is 27.5. The molecular weight excluding hydrogens is 347 g/mol. The van der Waals surface area contributed by atoms with E-state index in [1.807, 2.05) is 6.07 Å². The van der Waals surface area contributed by atoms with Crippen LogP contribution in [0.2, 0.25) is 0 Å². The summed E-state index contributed by atoms with van der Waals surface area (Å²) in [6.45, 7) is 2.30. The zero-order valence-corrected chi connectivity index (χ0v) is 17.6. The number of hydrogen-bond donors (Lipinski definition) is 0. The van der Waals surface area contributed by atoms with Crippen LogP contribution in [-0.2, 0) is 0 Å². The van der Waals surface area contributed by atoms with E-state index in [2.05, 4.69) is 25.1 Å². The van der Waals surface area contributed by atoms with E-state index in [0.29, 0.717) is 11.7 Å². The number of rotatable bonds is 6. The van der Waals surface area contributed by atoms with Gasteiger partial charge in [0.2, 0.25) is 0 Å². The van der Waals surface area contributed by atoms with E-state index in [4.69, 9.17) is 4.74 Å². The van der Waals surface area contributed by atoms with Crippen molar-refractivity contribution in [2.24, 2.45) is 17.8 Å². The van der Waals surface area contributed by atoms with Crippen molar-refractivity contribution in [3.05, 3.63) is 41.7 Å². The molecule has 2 aromatic carbocycles. The molecule has 1 nitrogen and oxygen atoms in total. The van der Waals surface area contributed by atoms with E-state index in [1.54, 1.807) is 6.07 Å². The van der Waals surface area contributed by atoms with Crippen LogP contribution in [0.15, 0.2) is 30.3 Å². The maximum Gasteiger partial charge on any atom is 0.165 e. The first-order valence-electron chi connectivity index (χ1n) is 11.4. The van der Waals surface area contributed by atoms with E-state index in [9.17, 15) is 4.39 Å². The summed E-state index contributed by atoms with van der Waals surface area (Å²) in [4.78, 5) is 0. The number of ether oxygens (including phenoxy) is 1. The molecule has 2 saturated carbocycles. The summed E-state index contributed by atoms with van der Waals surface area (Å²) in [6, 6.07) is 10.1. The molecule has 2 heteroatoms. The molecule has 4 atom stereocenters. The van der Waals surface area contributed by atoms with Crippen LogP contribution < -0.4 is 4.74 Å². The Morgan fingerprint density at radius 2 is 1.75 bits per heavy atom. The molecule has 0 saturated heterocycles. The van der Waals surface area contributed by atoms with Gasteiger partial charge < -0.3 is 4.74 Å². The lowest BCUT2D eigenvalue weighted by Gasteiger charge is -2.42. The summed E-state index contributed by atoms with van der Waals surface area (Å²) < 4.78 is 19.3. The molecule has 0 heterocycles. The molecule has 0 spiro atoms. The second-order valence-electron chi connectivity index (χ2n) is 9.30. The minimum absolute atomic E-state index is 0.266. The second kappa shape index (κ2) is 8.84. The lowest BCUT2D eigenvalue weighted by molar-refractivity contribution is 0.113. The molecule has 152 valence electrons. The highest BCUT2D eigenvalue weighted by atomic mass is 19.1. The zero-order valence-electron chi connectivity index (χ0n) is 17.6. The Morgan fingerprint density at radius 3 is 2.57 bits per heavy atom. The van der Waals surface area contributed by atoms with Crippen LogP contribution in [-0.4, -0.2) is 7.11 Å². The van der Waals surface area contributed by atoms with Gasteiger partial charge in [0.1, 0.15) is 0 Å². The van der Waals surface area contributed by atoms with Gasteiger partial charge in [-0.05, 0) is 84.2 Å². The van der Waals surface area contributed by atoms with Gasteiger partial charge in [0.15, 0.2) is 11.6 Å². The van der Waals surface area contributed by atoms with Gasteiger partial charge in [-0.3, -0.25) is 0 Å². The van der Waals surface area contributed by atoms with Crippen LogP contribution in [0.5, 0.6) is 5.75 Å². The predicted octanol–water partition coefficient (Wildman–Crippen LogP) is 7.87. The van der Waals surface area contributed by atoms with Crippen molar-refractivity contribution in [2.75, 3.05) is 7.11 Å². The minimum Gasteiger partial charge on any atom is -0.494 e. The number of fused-ring (bicyclic) bond motifs is 2. The molecule has 4 rings (SSSR count). The fraction of sp³-hybridized carbons (Fsp3) is 0.615. The molecule has 2 unspecified atom stereocenters. The molecule has 0 aromatic heterocycles. The van der Waals surface area contributed by atoms with Gasteiger partial charge >= 0.3 is 0 Å². The predicted molar refractivity (Wildman–Crippen MR) is 116 cm³/mol. The molecule has 28 heavy (non-hydrogen) atoms. The summed E-state index contributed by atoms with van der Waals surface area (Å²) in [5.74, 6) is 3.56. The molecule has 2 aromatic rings. The fourth-order valence-corrected chi connectivity index (χ4v) is 5.91. The first kappa shape index (κ1) is 19.7. The SMILES string of the molecule is CCCCCC1CCC2C[C@H](c3ccc4cc(OC)c(F)cc4c3)CC[C@@H]2C1. The Kier molecular flexibility index (Phi) is 6.23. The van der Waals surface area contributed by atoms with Gasteiger partial charge in [-0.1, -0.05) is 57.2 Å². The van der Waals surface area contributed by atoms with Crippen molar-refractivity contribution in [1.82, 2.24) is 0 Å². The van der Waals surface area contributed by atoms with E-state index >= 15 is 0 Å². The Hall–Kier alpha value is -1.57. The third kappa shape index (κ3) is 4.21. The lowest BCUT2D eigenvalue weighted by atomic mass is 9.63. The van der Waals surface area contributed by atoms with Crippen LogP contribution in [0.3, 0.4) is 0 Å². The van der Waals surface area contributed by atoms with Crippen LogP contribution in [0.4, 0.5) is 4.39 Å². The van der Waals surface area contributed by atoms with Gasteiger partial charge in [-0.2, -0.15) is 0 Å². The van der Waals surface area contributed by atoms with Crippen LogP contribution in [0.1, 0.15) is 82.6 Å². The van der Waals surface area contributed by atoms with Crippen LogP contribution in [0.25, 0.3) is 10.8 Å². The van der Waals surface area contributed by atoms with Crippen molar-refractivity contribution in [2.45, 2.75) is 77.0 Å². The largest absolute Gasteiger partial charge is 0.494 e. The number of halogens is 1. The first-order chi connectivity index (χ1) is 13.7. The average Bonchev–Trinajstić information content (AvgIpc) is 2.72. The van der Waals surface area contributed by atoms with E-state index in [0.717, 1.165) is 28.5 Å². The van der Waals surface area contributed by atoms with Crippen molar-refractivity contribution < 1.29 is 9.13 Å². The molecule has 0 aliphatic heterocycles. The highest BCUT2D eigenvalue weighted by molar-refractivity contribution is 5.84. The van der Waals surface area contributed by atoms with Crippen molar-refractivity contribution in [1.29, 1.82) is 0 Å². The third-order valence-corrected chi connectivity index (χ3v) is 7.54. The zero-order chi connectivity index (χ0) is 19.5. The summed E-state index contributed by atoms with van der Waals surface area (Å²) in [6.07, 6.45) is 14.0. The average molecular weight is 383 g/mol. The quantitative estimate of drug-likeness (QED) is 0.462. The van der Waals surface area contributed by atoms with Gasteiger partial charge in [0, 0.05) is 0 Å². The summed E-state index contributed by atoms with van der Waals surface area (Å²) >= 11 is 0. The monoisotopic (exact) mass is 382 g/mol. The van der Waals surface area contributed by atoms with Gasteiger partial charge in [-0.25, -0.2) is 4.39 Å². The van der Waals surface area contributed by atoms with E-state index < -0.39 is 0 Å². The lowest BCUT2D eigenvalue weighted by Crippen LogP contribution is -2.30. The second-order valence-corrected chi connectivity index (χ2v) is 9.30. The Bertz CT molecular complexity index is 798. The van der Waals surface area contributed by atoms with E-state index in [-0.39, 0.29) is 5.82 Å². The summed E-state index contributed by atoms with van der Waals surface area (Å²) in [5, 5.41) is 2.06. The van der Waals surface area contributed by atoms with Gasteiger partial charge in [-0.15, -0.1) is 0 Å². The van der Waals surface area contributed by atoms with Gasteiger partial charge in [0.25, 0.3) is 0 Å². The van der Waals surface area contributed by atoms with Gasteiger partial charge in [0.05, 0.1) is 7.11 Å². The maximum atomic E-state index is 14.1. The first-order valence-corrected chi connectivity index (χ1v) is 11.4. The van der Waals surface area contributed by atoms with Crippen LogP contribution in [0, 0.1) is 23.6 Å². The number of methoxy groups -OCH3 is 1. The summed E-state index contributed by atoms with van der Waals surface area (Å²) in [7, 11) is 1.52. The Balaban J connectivity index is 1.42. The smallest absolute Gasteiger partial charge is 0.165 e. The highest BCUT2D eigenvalue weighted by Gasteiger charge is 2.35. The van der Waals surface area contributed by atoms with Crippen LogP contribution >= 0.6 is 0 Å². The summed E-state index contributed by atoms with van der Waals surface area (Å²) in [5.41, 5.74) is 1.40. The van der Waals surface area contributed by atoms with Crippen molar-refractivity contribution >= 4 is 10.8 Å².